The zero-order valence-electron chi connectivity index (χ0n) is 17.1. The van der Waals surface area contributed by atoms with Crippen LogP contribution in [0.5, 0.6) is 0 Å². The Morgan fingerprint density at radius 2 is 1.87 bits per heavy atom. The number of carbonyl (C=O) groups excluding carboxylic acids is 3. The highest BCUT2D eigenvalue weighted by molar-refractivity contribution is 7.81. The first-order valence-corrected chi connectivity index (χ1v) is 11.7. The summed E-state index contributed by atoms with van der Waals surface area (Å²) < 4.78 is 40.2. The van der Waals surface area contributed by atoms with Gasteiger partial charge in [-0.1, -0.05) is 19.3 Å². The van der Waals surface area contributed by atoms with Crippen LogP contribution in [0.4, 0.5) is 4.79 Å². The summed E-state index contributed by atoms with van der Waals surface area (Å²) in [7, 11) is -4.62. The molecular weight excluding hydrogens is 418 g/mol. The quantitative estimate of drug-likeness (QED) is 0.539. The highest BCUT2D eigenvalue weighted by Crippen LogP contribution is 2.38. The Labute approximate surface area is 176 Å². The number of amides is 3. The Balaban J connectivity index is 1.69. The number of hydroxylamine groups is 2. The summed E-state index contributed by atoms with van der Waals surface area (Å²) in [6, 6.07) is -2.04. The molecule has 3 amide bonds. The molecule has 4 aliphatic rings. The molecule has 0 aromatic carbocycles. The molecule has 12 heteroatoms. The molecule has 2 atom stereocenters. The van der Waals surface area contributed by atoms with Crippen LogP contribution in [0, 0.1) is 5.41 Å². The maximum Gasteiger partial charge on any atom is 0.421 e. The fourth-order valence-electron chi connectivity index (χ4n) is 4.45. The van der Waals surface area contributed by atoms with Gasteiger partial charge in [-0.25, -0.2) is 8.98 Å². The van der Waals surface area contributed by atoms with E-state index < -0.39 is 52.4 Å². The Kier molecular flexibility index (Phi) is 6.88. The number of carbonyl (C=O) groups is 3. The Morgan fingerprint density at radius 3 is 2.50 bits per heavy atom. The van der Waals surface area contributed by atoms with Gasteiger partial charge in [-0.2, -0.15) is 13.5 Å². The number of hydrogen-bond acceptors (Lipinski definition) is 8. The van der Waals surface area contributed by atoms with Crippen LogP contribution in [0.1, 0.15) is 58.3 Å². The van der Waals surface area contributed by atoms with Crippen LogP contribution in [0.2, 0.25) is 0 Å². The molecule has 30 heavy (non-hydrogen) atoms. The molecule has 3 heterocycles. The summed E-state index contributed by atoms with van der Waals surface area (Å²) in [6.07, 6.45) is 4.54. The van der Waals surface area contributed by atoms with Crippen molar-refractivity contribution in [3.63, 3.8) is 0 Å². The zero-order chi connectivity index (χ0) is 21.9. The van der Waals surface area contributed by atoms with E-state index in [1.165, 1.54) is 4.90 Å². The maximum atomic E-state index is 12.7. The van der Waals surface area contributed by atoms with Gasteiger partial charge in [0.05, 0.1) is 24.7 Å². The van der Waals surface area contributed by atoms with Gasteiger partial charge in [0.2, 0.25) is 5.91 Å². The van der Waals surface area contributed by atoms with E-state index >= 15 is 0 Å². The second-order valence-electron chi connectivity index (χ2n) is 8.05. The summed E-state index contributed by atoms with van der Waals surface area (Å²) in [5.74, 6) is -1.13. The highest BCUT2D eigenvalue weighted by atomic mass is 32.3. The van der Waals surface area contributed by atoms with Crippen LogP contribution in [0.3, 0.4) is 0 Å². The van der Waals surface area contributed by atoms with E-state index in [1.807, 2.05) is 0 Å². The van der Waals surface area contributed by atoms with Crippen molar-refractivity contribution in [2.75, 3.05) is 19.8 Å². The topological polar surface area (TPSA) is 146 Å². The Hall–Kier alpha value is -1.92. The average Bonchev–Trinajstić information content (AvgIpc) is 3.00. The molecule has 1 saturated carbocycles. The van der Waals surface area contributed by atoms with E-state index in [4.69, 9.17) is 18.9 Å². The molecule has 0 spiro atoms. The minimum atomic E-state index is -4.62. The molecule has 2 N–H and O–H groups in total. The molecule has 4 fully saturated rings. The molecule has 0 aromatic rings. The SMILES string of the molecule is CCOC(=O)C1(COS(=O)(=O)ON2C(=O)N3CC[C@H]2CC[C@H]3C(N)=O)CCCCC1. The number of nitrogens with two attached hydrogens (primary N) is 1. The van der Waals surface area contributed by atoms with Crippen LogP contribution in [0.25, 0.3) is 0 Å². The van der Waals surface area contributed by atoms with Gasteiger partial charge in [-0.05, 0) is 39.0 Å². The molecule has 1 aliphatic carbocycles. The van der Waals surface area contributed by atoms with E-state index in [9.17, 15) is 22.8 Å². The monoisotopic (exact) mass is 447 g/mol. The number of hydrogen-bond donors (Lipinski definition) is 1. The van der Waals surface area contributed by atoms with E-state index in [2.05, 4.69) is 0 Å². The van der Waals surface area contributed by atoms with Crippen LogP contribution in [0.15, 0.2) is 0 Å². The smallest absolute Gasteiger partial charge is 0.421 e. The number of fused-ring (bicyclic) bond motifs is 4. The van der Waals surface area contributed by atoms with Crippen molar-refractivity contribution >= 4 is 28.3 Å². The lowest BCUT2D eigenvalue weighted by Gasteiger charge is -2.38. The van der Waals surface area contributed by atoms with Crippen molar-refractivity contribution in [3.05, 3.63) is 0 Å². The predicted octanol–water partition coefficient (Wildman–Crippen LogP) is 0.837. The largest absolute Gasteiger partial charge is 0.465 e. The van der Waals surface area contributed by atoms with Gasteiger partial charge in [-0.15, -0.1) is 4.28 Å². The molecule has 3 saturated heterocycles. The number of ether oxygens (including phenoxy) is 1. The van der Waals surface area contributed by atoms with Crippen molar-refractivity contribution in [3.8, 4) is 0 Å². The fraction of sp³-hybridized carbons (Fsp3) is 0.833. The van der Waals surface area contributed by atoms with Gasteiger partial charge >= 0.3 is 22.4 Å². The lowest BCUT2D eigenvalue weighted by Crippen LogP contribution is -2.56. The minimum absolute atomic E-state index is 0.185. The third kappa shape index (κ3) is 4.70. The number of esters is 1. The van der Waals surface area contributed by atoms with Crippen LogP contribution >= 0.6 is 0 Å². The highest BCUT2D eigenvalue weighted by Gasteiger charge is 2.47. The second kappa shape index (κ2) is 9.06. The van der Waals surface area contributed by atoms with E-state index in [0.29, 0.717) is 38.6 Å². The van der Waals surface area contributed by atoms with Gasteiger partial charge in [0, 0.05) is 6.54 Å². The molecule has 3 aliphatic heterocycles. The normalized spacial score (nSPS) is 26.4. The first-order valence-electron chi connectivity index (χ1n) is 10.3. The van der Waals surface area contributed by atoms with Crippen molar-refractivity contribution in [1.29, 1.82) is 0 Å². The van der Waals surface area contributed by atoms with Crippen molar-refractivity contribution in [1.82, 2.24) is 9.96 Å². The summed E-state index contributed by atoms with van der Waals surface area (Å²) in [4.78, 5) is 38.0. The lowest BCUT2D eigenvalue weighted by molar-refractivity contribution is -0.160. The molecule has 0 radical (unpaired) electrons. The maximum absolute atomic E-state index is 12.7. The molecule has 2 bridgehead atoms. The van der Waals surface area contributed by atoms with Gasteiger partial charge in [0.25, 0.3) is 0 Å². The van der Waals surface area contributed by atoms with E-state index in [0.717, 1.165) is 24.3 Å². The third-order valence-corrected chi connectivity index (χ3v) is 6.87. The Morgan fingerprint density at radius 1 is 1.17 bits per heavy atom. The number of rotatable bonds is 8. The van der Waals surface area contributed by atoms with Crippen molar-refractivity contribution in [2.24, 2.45) is 11.1 Å². The standard InChI is InChI=1S/C18H29N3O8S/c1-2-27-16(23)18(9-4-3-5-10-18)12-28-30(25,26)29-21-13-6-7-14(15(19)22)20(11-8-13)17(21)24/h13-14H,2-12H2,1H3,(H2,19,22)/t13-,14+/m1/s1. The van der Waals surface area contributed by atoms with Gasteiger partial charge < -0.3 is 15.4 Å². The summed E-state index contributed by atoms with van der Waals surface area (Å²) in [6.45, 7) is 1.76. The van der Waals surface area contributed by atoms with E-state index in [1.54, 1.807) is 6.92 Å². The molecule has 170 valence electrons. The summed E-state index contributed by atoms with van der Waals surface area (Å²) in [5.41, 5.74) is 4.33. The summed E-state index contributed by atoms with van der Waals surface area (Å²) in [5, 5.41) is 0.750. The molecule has 0 aromatic heterocycles. The van der Waals surface area contributed by atoms with Gasteiger partial charge in [-0.3, -0.25) is 9.59 Å². The van der Waals surface area contributed by atoms with Crippen LogP contribution in [-0.2, 0) is 33.2 Å². The van der Waals surface area contributed by atoms with E-state index in [-0.39, 0.29) is 6.61 Å². The first-order chi connectivity index (χ1) is 14.2. The van der Waals surface area contributed by atoms with Crippen LogP contribution in [-0.4, -0.2) is 68.1 Å². The molecule has 0 unspecified atom stereocenters. The first kappa shape index (κ1) is 22.8. The Bertz CT molecular complexity index is 780. The van der Waals surface area contributed by atoms with Crippen LogP contribution < -0.4 is 5.73 Å². The van der Waals surface area contributed by atoms with Gasteiger partial charge in [0.1, 0.15) is 6.04 Å². The van der Waals surface area contributed by atoms with Crippen molar-refractivity contribution < 1.29 is 36.0 Å². The fourth-order valence-corrected chi connectivity index (χ4v) is 5.25. The average molecular weight is 448 g/mol. The lowest BCUT2D eigenvalue weighted by atomic mass is 9.75. The van der Waals surface area contributed by atoms with Gasteiger partial charge in [0.15, 0.2) is 0 Å². The second-order valence-corrected chi connectivity index (χ2v) is 9.25. The number of primary amides is 1. The molecule has 11 nitrogen and oxygen atoms in total. The number of urea groups is 1. The molecule has 4 rings (SSSR count). The predicted molar refractivity (Wildman–Crippen MR) is 103 cm³/mol. The summed E-state index contributed by atoms with van der Waals surface area (Å²) >= 11 is 0. The molecular formula is C18H29N3O8S. The van der Waals surface area contributed by atoms with Crippen molar-refractivity contribution in [2.45, 2.75) is 70.4 Å². The third-order valence-electron chi connectivity index (χ3n) is 6.12. The minimum Gasteiger partial charge on any atom is -0.465 e. The zero-order valence-corrected chi connectivity index (χ0v) is 17.9. The number of nitrogens with zero attached hydrogens (tertiary/aromatic N) is 2.